The molecule has 0 aromatic carbocycles. The molecule has 0 saturated carbocycles. The predicted molar refractivity (Wildman–Crippen MR) is 71.9 cm³/mol. The van der Waals surface area contributed by atoms with Crippen molar-refractivity contribution in [2.75, 3.05) is 13.2 Å². The van der Waals surface area contributed by atoms with E-state index in [-0.39, 0.29) is 27.2 Å². The summed E-state index contributed by atoms with van der Waals surface area (Å²) in [4.78, 5) is 0. The molecule has 0 aliphatic carbocycles. The van der Waals surface area contributed by atoms with Gasteiger partial charge in [0.25, 0.3) is 0 Å². The third-order valence-electron chi connectivity index (χ3n) is 2.44. The van der Waals surface area contributed by atoms with Gasteiger partial charge in [0, 0.05) is 0 Å². The van der Waals surface area contributed by atoms with E-state index in [0.717, 1.165) is 19.4 Å². The molecule has 96 valence electrons. The molecule has 2 nitrogen and oxygen atoms in total. The molecule has 0 radical (unpaired) electrons. The van der Waals surface area contributed by atoms with E-state index in [1.807, 2.05) is 6.08 Å². The maximum atomic E-state index is 5.51. The van der Waals surface area contributed by atoms with Crippen molar-refractivity contribution in [3.63, 3.8) is 0 Å². The van der Waals surface area contributed by atoms with Crippen LogP contribution in [0.25, 0.3) is 0 Å². The molecule has 1 atom stereocenters. The van der Waals surface area contributed by atoms with E-state index < -0.39 is 0 Å². The fraction of sp³-hybridized carbons (Fsp3) is 0.714. The van der Waals surface area contributed by atoms with Crippen molar-refractivity contribution < 1.29 is 9.47 Å². The van der Waals surface area contributed by atoms with Gasteiger partial charge in [0.2, 0.25) is 0 Å². The first-order valence-electron chi connectivity index (χ1n) is 6.41. The van der Waals surface area contributed by atoms with Gasteiger partial charge in [0.15, 0.2) is 0 Å². The summed E-state index contributed by atoms with van der Waals surface area (Å²) in [6.45, 7) is 3.56. The van der Waals surface area contributed by atoms with Crippen molar-refractivity contribution in [1.82, 2.24) is 0 Å². The topological polar surface area (TPSA) is 18.5 Å². The molecule has 0 aromatic heterocycles. The normalized spacial score (nSPS) is 20.2. The van der Waals surface area contributed by atoms with Crippen molar-refractivity contribution in [2.45, 2.75) is 49.8 Å². The molecule has 17 heavy (non-hydrogen) atoms. The molecular formula is C14H22O2Te. The van der Waals surface area contributed by atoms with Crippen molar-refractivity contribution in [3.8, 4) is 11.8 Å². The summed E-state index contributed by atoms with van der Waals surface area (Å²) >= 11 is 0.0712. The van der Waals surface area contributed by atoms with E-state index in [1.54, 1.807) is 0 Å². The Hall–Kier alpha value is 0.00961. The minimum absolute atomic E-state index is 0.0136. The summed E-state index contributed by atoms with van der Waals surface area (Å²) in [6, 6.07) is 0. The van der Waals surface area contributed by atoms with Gasteiger partial charge in [0.1, 0.15) is 0 Å². The zero-order chi connectivity index (χ0) is 12.2. The third kappa shape index (κ3) is 8.70. The summed E-state index contributed by atoms with van der Waals surface area (Å²) in [7, 11) is 0. The summed E-state index contributed by atoms with van der Waals surface area (Å²) in [5.41, 5.74) is 0. The molecule has 0 N–H and O–H groups in total. The fourth-order valence-electron chi connectivity index (χ4n) is 1.46. The second kappa shape index (κ2) is 11.1. The van der Waals surface area contributed by atoms with Crippen LogP contribution >= 0.6 is 0 Å². The molecule has 0 aromatic rings. The second-order valence-electron chi connectivity index (χ2n) is 3.96. The van der Waals surface area contributed by atoms with Gasteiger partial charge in [-0.3, -0.25) is 0 Å². The first-order chi connectivity index (χ1) is 8.43. The standard InChI is InChI=1S/C14H22O2Te/c1-2-3-12-17-13-8-4-6-10-15-14-9-5-7-11-16-14/h8,13-14H,2-3,5,7,9-12H2,1H3/b13-8-. The monoisotopic (exact) mass is 352 g/mol. The van der Waals surface area contributed by atoms with Crippen LogP contribution < -0.4 is 0 Å². The van der Waals surface area contributed by atoms with Crippen LogP contribution in [0.15, 0.2) is 10.2 Å². The second-order valence-corrected chi connectivity index (χ2v) is 6.85. The van der Waals surface area contributed by atoms with E-state index in [1.165, 1.54) is 23.7 Å². The molecule has 3 heteroatoms. The van der Waals surface area contributed by atoms with Gasteiger partial charge in [0.05, 0.1) is 0 Å². The zero-order valence-electron chi connectivity index (χ0n) is 10.6. The first-order valence-corrected chi connectivity index (χ1v) is 9.41. The van der Waals surface area contributed by atoms with Crippen LogP contribution in [0.5, 0.6) is 0 Å². The number of rotatable bonds is 6. The minimum atomic E-state index is -0.0136. The average molecular weight is 350 g/mol. The van der Waals surface area contributed by atoms with Crippen molar-refractivity contribution in [3.05, 3.63) is 10.2 Å². The Kier molecular flexibility index (Phi) is 9.86. The Morgan fingerprint density at radius 3 is 3.18 bits per heavy atom. The van der Waals surface area contributed by atoms with Crippen LogP contribution in [-0.4, -0.2) is 40.4 Å². The average Bonchev–Trinajstić information content (AvgIpc) is 2.38. The van der Waals surface area contributed by atoms with Gasteiger partial charge in [-0.15, -0.1) is 0 Å². The summed E-state index contributed by atoms with van der Waals surface area (Å²) in [5.74, 6) is 6.03. The first kappa shape index (κ1) is 15.1. The van der Waals surface area contributed by atoms with Crippen molar-refractivity contribution >= 4 is 20.9 Å². The number of unbranched alkanes of at least 4 members (excludes halogenated alkanes) is 1. The third-order valence-corrected chi connectivity index (χ3v) is 4.88. The van der Waals surface area contributed by atoms with Gasteiger partial charge in [-0.1, -0.05) is 0 Å². The van der Waals surface area contributed by atoms with Gasteiger partial charge in [-0.25, -0.2) is 0 Å². The van der Waals surface area contributed by atoms with Gasteiger partial charge in [-0.05, 0) is 0 Å². The van der Waals surface area contributed by atoms with Crippen LogP contribution in [0, 0.1) is 11.8 Å². The fourth-order valence-corrected chi connectivity index (χ4v) is 3.61. The molecule has 1 aliphatic rings. The zero-order valence-corrected chi connectivity index (χ0v) is 12.9. The molecule has 1 unspecified atom stereocenters. The van der Waals surface area contributed by atoms with Gasteiger partial charge in [-0.2, -0.15) is 0 Å². The van der Waals surface area contributed by atoms with Crippen molar-refractivity contribution in [1.29, 1.82) is 0 Å². The molecule has 1 rings (SSSR count). The van der Waals surface area contributed by atoms with Crippen molar-refractivity contribution in [2.24, 2.45) is 0 Å². The molecule has 0 spiro atoms. The SMILES string of the molecule is CCCC[Te]/C=C\C#CCOC1CCCCO1. The Bertz CT molecular complexity index is 259. The summed E-state index contributed by atoms with van der Waals surface area (Å²) in [5, 5.41) is 0. The van der Waals surface area contributed by atoms with Gasteiger partial charge >= 0.3 is 115 Å². The van der Waals surface area contributed by atoms with Gasteiger partial charge < -0.3 is 0 Å². The van der Waals surface area contributed by atoms with Crippen LogP contribution in [0.1, 0.15) is 39.0 Å². The Morgan fingerprint density at radius 2 is 2.41 bits per heavy atom. The number of hydrogen-bond donors (Lipinski definition) is 0. The Morgan fingerprint density at radius 1 is 1.47 bits per heavy atom. The molecule has 0 bridgehead atoms. The molecule has 1 aliphatic heterocycles. The molecule has 0 amide bonds. The van der Waals surface area contributed by atoms with E-state index in [4.69, 9.17) is 9.47 Å². The van der Waals surface area contributed by atoms with Crippen LogP contribution in [0.4, 0.5) is 0 Å². The summed E-state index contributed by atoms with van der Waals surface area (Å²) in [6.07, 6.45) is 8.03. The van der Waals surface area contributed by atoms with Crippen LogP contribution in [0.2, 0.25) is 4.47 Å². The Labute approximate surface area is 115 Å². The van der Waals surface area contributed by atoms with E-state index in [9.17, 15) is 0 Å². The van der Waals surface area contributed by atoms with Crippen LogP contribution in [-0.2, 0) is 9.47 Å². The number of allylic oxidation sites excluding steroid dienone is 1. The molecule has 1 heterocycles. The summed E-state index contributed by atoms with van der Waals surface area (Å²) < 4.78 is 14.6. The number of hydrogen-bond acceptors (Lipinski definition) is 2. The van der Waals surface area contributed by atoms with E-state index in [0.29, 0.717) is 6.61 Å². The molecule has 1 saturated heterocycles. The van der Waals surface area contributed by atoms with Crippen LogP contribution in [0.3, 0.4) is 0 Å². The molecule has 1 fully saturated rings. The number of ether oxygens (including phenoxy) is 2. The molecular weight excluding hydrogens is 328 g/mol. The Balaban J connectivity index is 1.97. The van der Waals surface area contributed by atoms with E-state index in [2.05, 4.69) is 22.9 Å². The maximum absolute atomic E-state index is 5.51. The predicted octanol–water partition coefficient (Wildman–Crippen LogP) is 2.97. The van der Waals surface area contributed by atoms with E-state index >= 15 is 0 Å². The quantitative estimate of drug-likeness (QED) is 0.417.